The van der Waals surface area contributed by atoms with E-state index in [-0.39, 0.29) is 12.4 Å². The molecule has 0 saturated carbocycles. The summed E-state index contributed by atoms with van der Waals surface area (Å²) in [6, 6.07) is 8.05. The van der Waals surface area contributed by atoms with Gasteiger partial charge < -0.3 is 9.64 Å². The van der Waals surface area contributed by atoms with Crippen LogP contribution < -0.4 is 9.64 Å². The molecule has 2 aromatic rings. The SMILES string of the molecule is COc1ccc(N(C)c2nc(C)nc3c2CCC3)cc1.Cl. The number of aryl methyl sites for hydroxylation is 2. The number of aromatic nitrogens is 2. The van der Waals surface area contributed by atoms with E-state index in [1.54, 1.807) is 7.11 Å². The summed E-state index contributed by atoms with van der Waals surface area (Å²) in [5, 5.41) is 0. The summed E-state index contributed by atoms with van der Waals surface area (Å²) >= 11 is 0. The van der Waals surface area contributed by atoms with E-state index in [1.165, 1.54) is 17.7 Å². The Morgan fingerprint density at radius 3 is 2.48 bits per heavy atom. The van der Waals surface area contributed by atoms with Crippen LogP contribution in [0.4, 0.5) is 11.5 Å². The number of rotatable bonds is 3. The Kier molecular flexibility index (Phi) is 4.68. The predicted molar refractivity (Wildman–Crippen MR) is 87.1 cm³/mol. The Bertz CT molecular complexity index is 628. The van der Waals surface area contributed by atoms with Crippen LogP contribution in [0, 0.1) is 6.92 Å². The third kappa shape index (κ3) is 2.95. The first kappa shape index (κ1) is 15.6. The molecule has 0 atom stereocenters. The van der Waals surface area contributed by atoms with Gasteiger partial charge in [0.15, 0.2) is 0 Å². The van der Waals surface area contributed by atoms with Crippen molar-refractivity contribution >= 4 is 23.9 Å². The van der Waals surface area contributed by atoms with Crippen LogP contribution in [0.1, 0.15) is 23.5 Å². The average Bonchev–Trinajstić information content (AvgIpc) is 2.94. The summed E-state index contributed by atoms with van der Waals surface area (Å²) in [5.74, 6) is 2.75. The molecule has 5 heteroatoms. The zero-order valence-electron chi connectivity index (χ0n) is 12.6. The predicted octanol–water partition coefficient (Wildman–Crippen LogP) is 3.47. The highest BCUT2D eigenvalue weighted by atomic mass is 35.5. The molecule has 0 spiro atoms. The number of fused-ring (bicyclic) bond motifs is 1. The lowest BCUT2D eigenvalue weighted by Crippen LogP contribution is -2.15. The summed E-state index contributed by atoms with van der Waals surface area (Å²) in [4.78, 5) is 11.3. The minimum absolute atomic E-state index is 0. The molecule has 3 rings (SSSR count). The fraction of sp³-hybridized carbons (Fsp3) is 0.375. The molecule has 0 aliphatic heterocycles. The van der Waals surface area contributed by atoms with Crippen molar-refractivity contribution in [1.82, 2.24) is 9.97 Å². The van der Waals surface area contributed by atoms with Crippen LogP contribution in [0.25, 0.3) is 0 Å². The highest BCUT2D eigenvalue weighted by Crippen LogP contribution is 2.32. The number of benzene rings is 1. The molecule has 0 bridgehead atoms. The second-order valence-electron chi connectivity index (χ2n) is 5.13. The van der Waals surface area contributed by atoms with E-state index < -0.39 is 0 Å². The van der Waals surface area contributed by atoms with E-state index in [9.17, 15) is 0 Å². The maximum absolute atomic E-state index is 5.20. The Hall–Kier alpha value is -1.81. The van der Waals surface area contributed by atoms with E-state index in [0.29, 0.717) is 0 Å². The first-order valence-electron chi connectivity index (χ1n) is 6.93. The summed E-state index contributed by atoms with van der Waals surface area (Å²) in [5.41, 5.74) is 3.62. The van der Waals surface area contributed by atoms with Gasteiger partial charge in [0.25, 0.3) is 0 Å². The summed E-state index contributed by atoms with van der Waals surface area (Å²) in [7, 11) is 3.74. The van der Waals surface area contributed by atoms with E-state index in [1.807, 2.05) is 19.1 Å². The van der Waals surface area contributed by atoms with Gasteiger partial charge in [-0.25, -0.2) is 9.97 Å². The average molecular weight is 306 g/mol. The van der Waals surface area contributed by atoms with Crippen LogP contribution in [-0.2, 0) is 12.8 Å². The lowest BCUT2D eigenvalue weighted by Gasteiger charge is -2.21. The van der Waals surface area contributed by atoms with Gasteiger partial charge in [0.1, 0.15) is 17.4 Å². The zero-order valence-corrected chi connectivity index (χ0v) is 13.4. The van der Waals surface area contributed by atoms with Gasteiger partial charge in [-0.05, 0) is 50.5 Å². The first-order chi connectivity index (χ1) is 9.69. The number of halogens is 1. The lowest BCUT2D eigenvalue weighted by molar-refractivity contribution is 0.415. The molecule has 0 amide bonds. The fourth-order valence-corrected chi connectivity index (χ4v) is 2.74. The van der Waals surface area contributed by atoms with Crippen LogP contribution in [0.5, 0.6) is 5.75 Å². The molecule has 0 radical (unpaired) electrons. The van der Waals surface area contributed by atoms with Crippen LogP contribution in [0.3, 0.4) is 0 Å². The normalized spacial score (nSPS) is 12.5. The zero-order chi connectivity index (χ0) is 14.1. The third-order valence-electron chi connectivity index (χ3n) is 3.80. The van der Waals surface area contributed by atoms with E-state index in [0.717, 1.165) is 35.9 Å². The van der Waals surface area contributed by atoms with Crippen molar-refractivity contribution in [3.05, 3.63) is 41.3 Å². The minimum Gasteiger partial charge on any atom is -0.497 e. The van der Waals surface area contributed by atoms with Crippen molar-refractivity contribution < 1.29 is 4.74 Å². The Balaban J connectivity index is 0.00000161. The van der Waals surface area contributed by atoms with E-state index >= 15 is 0 Å². The highest BCUT2D eigenvalue weighted by Gasteiger charge is 2.21. The van der Waals surface area contributed by atoms with Crippen molar-refractivity contribution in [3.8, 4) is 5.75 Å². The number of hydrogen-bond acceptors (Lipinski definition) is 4. The maximum atomic E-state index is 5.20. The molecular formula is C16H20ClN3O. The molecule has 1 aromatic heterocycles. The van der Waals surface area contributed by atoms with Crippen molar-refractivity contribution in [2.75, 3.05) is 19.1 Å². The van der Waals surface area contributed by atoms with Gasteiger partial charge in [0.05, 0.1) is 7.11 Å². The van der Waals surface area contributed by atoms with Crippen LogP contribution in [0.15, 0.2) is 24.3 Å². The summed E-state index contributed by atoms with van der Waals surface area (Å²) < 4.78 is 5.20. The number of nitrogens with zero attached hydrogens (tertiary/aromatic N) is 3. The largest absolute Gasteiger partial charge is 0.497 e. The van der Waals surface area contributed by atoms with Gasteiger partial charge in [0.2, 0.25) is 0 Å². The quantitative estimate of drug-likeness (QED) is 0.870. The second kappa shape index (κ2) is 6.31. The third-order valence-corrected chi connectivity index (χ3v) is 3.80. The number of ether oxygens (including phenoxy) is 1. The Morgan fingerprint density at radius 2 is 1.81 bits per heavy atom. The second-order valence-corrected chi connectivity index (χ2v) is 5.13. The molecule has 0 unspecified atom stereocenters. The molecule has 0 N–H and O–H groups in total. The minimum atomic E-state index is 0. The van der Waals surface area contributed by atoms with Gasteiger partial charge in [-0.15, -0.1) is 12.4 Å². The number of anilines is 2. The fourth-order valence-electron chi connectivity index (χ4n) is 2.74. The molecule has 0 saturated heterocycles. The van der Waals surface area contributed by atoms with Gasteiger partial charge in [0, 0.05) is 24.0 Å². The van der Waals surface area contributed by atoms with Crippen LogP contribution >= 0.6 is 12.4 Å². The van der Waals surface area contributed by atoms with E-state index in [2.05, 4.69) is 34.0 Å². The van der Waals surface area contributed by atoms with Crippen molar-refractivity contribution in [1.29, 1.82) is 0 Å². The smallest absolute Gasteiger partial charge is 0.139 e. The van der Waals surface area contributed by atoms with Crippen molar-refractivity contribution in [2.45, 2.75) is 26.2 Å². The van der Waals surface area contributed by atoms with Gasteiger partial charge >= 0.3 is 0 Å². The monoisotopic (exact) mass is 305 g/mol. The number of methoxy groups -OCH3 is 1. The molecule has 1 aliphatic rings. The maximum Gasteiger partial charge on any atom is 0.139 e. The topological polar surface area (TPSA) is 38.2 Å². The van der Waals surface area contributed by atoms with Gasteiger partial charge in [-0.3, -0.25) is 0 Å². The standard InChI is InChI=1S/C16H19N3O.ClH/c1-11-17-15-6-4-5-14(15)16(18-11)19(2)12-7-9-13(20-3)10-8-12;/h7-10H,4-6H2,1-3H3;1H. The molecule has 0 fully saturated rings. The van der Waals surface area contributed by atoms with Crippen molar-refractivity contribution in [3.63, 3.8) is 0 Å². The summed E-state index contributed by atoms with van der Waals surface area (Å²) in [6.45, 7) is 1.96. The van der Waals surface area contributed by atoms with Crippen molar-refractivity contribution in [2.24, 2.45) is 0 Å². The molecule has 1 heterocycles. The lowest BCUT2D eigenvalue weighted by atomic mass is 10.2. The molecule has 112 valence electrons. The molecule has 1 aliphatic carbocycles. The van der Waals surface area contributed by atoms with Gasteiger partial charge in [-0.2, -0.15) is 0 Å². The first-order valence-corrected chi connectivity index (χ1v) is 6.93. The highest BCUT2D eigenvalue weighted by molar-refractivity contribution is 5.85. The van der Waals surface area contributed by atoms with Crippen LogP contribution in [0.2, 0.25) is 0 Å². The Morgan fingerprint density at radius 1 is 1.10 bits per heavy atom. The van der Waals surface area contributed by atoms with Crippen LogP contribution in [-0.4, -0.2) is 24.1 Å². The van der Waals surface area contributed by atoms with E-state index in [4.69, 9.17) is 4.74 Å². The molecule has 21 heavy (non-hydrogen) atoms. The molecule has 1 aromatic carbocycles. The molecule has 4 nitrogen and oxygen atoms in total. The molecular weight excluding hydrogens is 286 g/mol. The summed E-state index contributed by atoms with van der Waals surface area (Å²) in [6.07, 6.45) is 3.32. The van der Waals surface area contributed by atoms with Gasteiger partial charge in [-0.1, -0.05) is 0 Å². The Labute approximate surface area is 131 Å². The number of hydrogen-bond donors (Lipinski definition) is 0.